The number of carbonyl (C=O) groups excluding carboxylic acids is 1. The fourth-order valence-corrected chi connectivity index (χ4v) is 2.22. The molecule has 17 heavy (non-hydrogen) atoms. The SMILES string of the molecule is Nc1cnccc1C(=O)OCC1CCCCC1. The van der Waals surface area contributed by atoms with Gasteiger partial charge in [0.25, 0.3) is 0 Å². The van der Waals surface area contributed by atoms with Crippen LogP contribution < -0.4 is 5.73 Å². The molecule has 2 rings (SSSR count). The van der Waals surface area contributed by atoms with E-state index in [0.717, 1.165) is 0 Å². The zero-order valence-corrected chi connectivity index (χ0v) is 9.89. The Kier molecular flexibility index (Phi) is 3.96. The van der Waals surface area contributed by atoms with Gasteiger partial charge in [-0.25, -0.2) is 4.79 Å². The molecular weight excluding hydrogens is 216 g/mol. The first-order valence-electron chi connectivity index (χ1n) is 6.14. The number of aromatic nitrogens is 1. The summed E-state index contributed by atoms with van der Waals surface area (Å²) in [4.78, 5) is 15.6. The second-order valence-corrected chi connectivity index (χ2v) is 4.57. The highest BCUT2D eigenvalue weighted by Gasteiger charge is 2.17. The topological polar surface area (TPSA) is 65.2 Å². The van der Waals surface area contributed by atoms with Crippen LogP contribution in [0.5, 0.6) is 0 Å². The fraction of sp³-hybridized carbons (Fsp3) is 0.538. The minimum absolute atomic E-state index is 0.338. The van der Waals surface area contributed by atoms with E-state index in [1.807, 2.05) is 0 Å². The Morgan fingerprint density at radius 2 is 2.18 bits per heavy atom. The zero-order valence-electron chi connectivity index (χ0n) is 9.89. The summed E-state index contributed by atoms with van der Waals surface area (Å²) in [6, 6.07) is 1.60. The van der Waals surface area contributed by atoms with Gasteiger partial charge in [0.2, 0.25) is 0 Å². The lowest BCUT2D eigenvalue weighted by Crippen LogP contribution is -2.17. The van der Waals surface area contributed by atoms with Crippen molar-refractivity contribution in [1.29, 1.82) is 0 Å². The predicted octanol–water partition coefficient (Wildman–Crippen LogP) is 2.40. The summed E-state index contributed by atoms with van der Waals surface area (Å²) < 4.78 is 5.30. The molecule has 4 nitrogen and oxygen atoms in total. The van der Waals surface area contributed by atoms with Crippen molar-refractivity contribution in [2.45, 2.75) is 32.1 Å². The van der Waals surface area contributed by atoms with E-state index in [1.54, 1.807) is 12.3 Å². The first-order chi connectivity index (χ1) is 8.27. The third kappa shape index (κ3) is 3.19. The molecule has 0 aliphatic heterocycles. The summed E-state index contributed by atoms with van der Waals surface area (Å²) in [7, 11) is 0. The number of nitrogens with two attached hydrogens (primary N) is 1. The Bertz CT molecular complexity index is 387. The molecule has 1 aliphatic rings. The Balaban J connectivity index is 1.87. The van der Waals surface area contributed by atoms with Crippen LogP contribution in [0.4, 0.5) is 5.69 Å². The summed E-state index contributed by atoms with van der Waals surface area (Å²) in [5.74, 6) is 0.186. The number of pyridine rings is 1. The van der Waals surface area contributed by atoms with Gasteiger partial charge < -0.3 is 10.5 Å². The van der Waals surface area contributed by atoms with E-state index in [0.29, 0.717) is 23.8 Å². The van der Waals surface area contributed by atoms with Gasteiger partial charge >= 0.3 is 5.97 Å². The molecule has 92 valence electrons. The van der Waals surface area contributed by atoms with Crippen LogP contribution in [0.1, 0.15) is 42.5 Å². The second-order valence-electron chi connectivity index (χ2n) is 4.57. The molecule has 1 fully saturated rings. The van der Waals surface area contributed by atoms with Crippen molar-refractivity contribution in [1.82, 2.24) is 4.98 Å². The minimum atomic E-state index is -0.338. The molecule has 1 heterocycles. The third-order valence-electron chi connectivity index (χ3n) is 3.25. The molecule has 0 radical (unpaired) electrons. The maximum atomic E-state index is 11.8. The summed E-state index contributed by atoms with van der Waals surface area (Å²) in [6.45, 7) is 0.514. The summed E-state index contributed by atoms with van der Waals surface area (Å²) in [5.41, 5.74) is 6.46. The van der Waals surface area contributed by atoms with Crippen LogP contribution in [-0.4, -0.2) is 17.6 Å². The van der Waals surface area contributed by atoms with Gasteiger partial charge in [-0.1, -0.05) is 19.3 Å². The fourth-order valence-electron chi connectivity index (χ4n) is 2.22. The van der Waals surface area contributed by atoms with Gasteiger partial charge in [0.05, 0.1) is 24.1 Å². The Morgan fingerprint density at radius 1 is 1.41 bits per heavy atom. The van der Waals surface area contributed by atoms with E-state index in [-0.39, 0.29) is 5.97 Å². The average molecular weight is 234 g/mol. The number of nitrogens with zero attached hydrogens (tertiary/aromatic N) is 1. The van der Waals surface area contributed by atoms with Crippen LogP contribution in [0.3, 0.4) is 0 Å². The lowest BCUT2D eigenvalue weighted by Gasteiger charge is -2.21. The first kappa shape index (κ1) is 11.9. The predicted molar refractivity (Wildman–Crippen MR) is 65.5 cm³/mol. The lowest BCUT2D eigenvalue weighted by molar-refractivity contribution is 0.0411. The molecule has 0 atom stereocenters. The van der Waals surface area contributed by atoms with Gasteiger partial charge in [0.15, 0.2) is 0 Å². The average Bonchev–Trinajstić information content (AvgIpc) is 2.38. The highest BCUT2D eigenvalue weighted by molar-refractivity contribution is 5.94. The maximum absolute atomic E-state index is 11.8. The molecule has 1 saturated carbocycles. The number of rotatable bonds is 3. The molecule has 4 heteroatoms. The van der Waals surface area contributed by atoms with Crippen molar-refractivity contribution in [3.8, 4) is 0 Å². The maximum Gasteiger partial charge on any atom is 0.340 e. The number of hydrogen-bond acceptors (Lipinski definition) is 4. The number of ether oxygens (including phenoxy) is 1. The van der Waals surface area contributed by atoms with Crippen LogP contribution in [0.25, 0.3) is 0 Å². The largest absolute Gasteiger partial charge is 0.462 e. The van der Waals surface area contributed by atoms with Crippen LogP contribution in [0, 0.1) is 5.92 Å². The molecule has 0 aromatic carbocycles. The molecule has 0 amide bonds. The van der Waals surface area contributed by atoms with E-state index >= 15 is 0 Å². The van der Waals surface area contributed by atoms with Crippen molar-refractivity contribution >= 4 is 11.7 Å². The van der Waals surface area contributed by atoms with Gasteiger partial charge in [-0.3, -0.25) is 4.98 Å². The van der Waals surface area contributed by atoms with Gasteiger partial charge in [0, 0.05) is 6.20 Å². The van der Waals surface area contributed by atoms with E-state index < -0.39 is 0 Å². The molecular formula is C13H18N2O2. The smallest absolute Gasteiger partial charge is 0.340 e. The highest BCUT2D eigenvalue weighted by Crippen LogP contribution is 2.24. The summed E-state index contributed by atoms with van der Waals surface area (Å²) in [6.07, 6.45) is 9.16. The molecule has 0 bridgehead atoms. The third-order valence-corrected chi connectivity index (χ3v) is 3.25. The van der Waals surface area contributed by atoms with E-state index in [2.05, 4.69) is 4.98 Å². The van der Waals surface area contributed by atoms with E-state index in [1.165, 1.54) is 38.3 Å². The number of esters is 1. The summed E-state index contributed by atoms with van der Waals surface area (Å²) >= 11 is 0. The quantitative estimate of drug-likeness (QED) is 0.815. The normalized spacial score (nSPS) is 16.7. The molecule has 0 spiro atoms. The van der Waals surface area contributed by atoms with E-state index in [4.69, 9.17) is 10.5 Å². The van der Waals surface area contributed by atoms with Gasteiger partial charge in [0.1, 0.15) is 0 Å². The van der Waals surface area contributed by atoms with Crippen LogP contribution >= 0.6 is 0 Å². The van der Waals surface area contributed by atoms with Crippen LogP contribution in [0.15, 0.2) is 18.5 Å². The number of nitrogen functional groups attached to an aromatic ring is 1. The second kappa shape index (κ2) is 5.66. The molecule has 0 saturated heterocycles. The van der Waals surface area contributed by atoms with Gasteiger partial charge in [-0.15, -0.1) is 0 Å². The van der Waals surface area contributed by atoms with Crippen molar-refractivity contribution in [2.75, 3.05) is 12.3 Å². The zero-order chi connectivity index (χ0) is 12.1. The lowest BCUT2D eigenvalue weighted by atomic mass is 9.90. The highest BCUT2D eigenvalue weighted by atomic mass is 16.5. The molecule has 0 unspecified atom stereocenters. The van der Waals surface area contributed by atoms with Crippen molar-refractivity contribution in [3.05, 3.63) is 24.0 Å². The van der Waals surface area contributed by atoms with Crippen LogP contribution in [-0.2, 0) is 4.74 Å². The Hall–Kier alpha value is -1.58. The minimum Gasteiger partial charge on any atom is -0.462 e. The monoisotopic (exact) mass is 234 g/mol. The molecule has 1 aromatic heterocycles. The molecule has 1 aromatic rings. The summed E-state index contributed by atoms with van der Waals surface area (Å²) in [5, 5.41) is 0. The number of anilines is 1. The first-order valence-corrected chi connectivity index (χ1v) is 6.14. The molecule has 1 aliphatic carbocycles. The number of carbonyl (C=O) groups is 1. The van der Waals surface area contributed by atoms with E-state index in [9.17, 15) is 4.79 Å². The number of hydrogen-bond donors (Lipinski definition) is 1. The molecule has 2 N–H and O–H groups in total. The Morgan fingerprint density at radius 3 is 2.88 bits per heavy atom. The van der Waals surface area contributed by atoms with Crippen molar-refractivity contribution < 1.29 is 9.53 Å². The van der Waals surface area contributed by atoms with Gasteiger partial charge in [-0.05, 0) is 24.8 Å². The van der Waals surface area contributed by atoms with Gasteiger partial charge in [-0.2, -0.15) is 0 Å². The van der Waals surface area contributed by atoms with Crippen LogP contribution in [0.2, 0.25) is 0 Å². The Labute approximate surface area is 101 Å². The standard InChI is InChI=1S/C13H18N2O2/c14-12-8-15-7-6-11(12)13(16)17-9-10-4-2-1-3-5-10/h6-8,10H,1-5,9,14H2. The van der Waals surface area contributed by atoms with Crippen molar-refractivity contribution in [3.63, 3.8) is 0 Å². The van der Waals surface area contributed by atoms with Crippen molar-refractivity contribution in [2.24, 2.45) is 5.92 Å².